The van der Waals surface area contributed by atoms with Crippen LogP contribution >= 0.6 is 0 Å². The summed E-state index contributed by atoms with van der Waals surface area (Å²) >= 11 is 0. The molecule has 4 nitrogen and oxygen atoms in total. The predicted octanol–water partition coefficient (Wildman–Crippen LogP) is 1.90. The molecular formula is C14H25N3O. The minimum Gasteiger partial charge on any atom is -0.377 e. The molecule has 0 amide bonds. The summed E-state index contributed by atoms with van der Waals surface area (Å²) in [6, 6.07) is 0.465. The molecule has 1 aromatic rings. The van der Waals surface area contributed by atoms with Crippen LogP contribution in [-0.2, 0) is 18.2 Å². The van der Waals surface area contributed by atoms with Crippen molar-refractivity contribution in [2.45, 2.75) is 51.2 Å². The van der Waals surface area contributed by atoms with Gasteiger partial charge >= 0.3 is 0 Å². The molecule has 102 valence electrons. The average Bonchev–Trinajstić information content (AvgIpc) is 2.81. The SMILES string of the molecule is CCNC(CCc1nccn1C)C1CCCCO1. The fourth-order valence-corrected chi connectivity index (χ4v) is 2.69. The van der Waals surface area contributed by atoms with Gasteiger partial charge in [0.15, 0.2) is 0 Å². The van der Waals surface area contributed by atoms with Gasteiger partial charge < -0.3 is 14.6 Å². The van der Waals surface area contributed by atoms with Crippen molar-refractivity contribution in [3.05, 3.63) is 18.2 Å². The number of hydrogen-bond acceptors (Lipinski definition) is 3. The van der Waals surface area contributed by atoms with E-state index >= 15 is 0 Å². The number of hydrogen-bond donors (Lipinski definition) is 1. The maximum absolute atomic E-state index is 5.90. The van der Waals surface area contributed by atoms with Crippen LogP contribution in [0.25, 0.3) is 0 Å². The van der Waals surface area contributed by atoms with Crippen LogP contribution in [0.15, 0.2) is 12.4 Å². The molecule has 1 fully saturated rings. The van der Waals surface area contributed by atoms with Crippen LogP contribution in [0.4, 0.5) is 0 Å². The number of aryl methyl sites for hydroxylation is 2. The molecule has 2 rings (SSSR count). The third kappa shape index (κ3) is 3.56. The second kappa shape index (κ2) is 6.90. The Kier molecular flexibility index (Phi) is 5.20. The summed E-state index contributed by atoms with van der Waals surface area (Å²) in [5.41, 5.74) is 0. The van der Waals surface area contributed by atoms with Crippen molar-refractivity contribution in [3.8, 4) is 0 Å². The highest BCUT2D eigenvalue weighted by atomic mass is 16.5. The summed E-state index contributed by atoms with van der Waals surface area (Å²) in [4.78, 5) is 4.39. The van der Waals surface area contributed by atoms with Crippen molar-refractivity contribution in [2.24, 2.45) is 7.05 Å². The Morgan fingerprint density at radius 3 is 3.06 bits per heavy atom. The van der Waals surface area contributed by atoms with E-state index in [9.17, 15) is 0 Å². The molecule has 0 aromatic carbocycles. The van der Waals surface area contributed by atoms with Gasteiger partial charge in [0, 0.05) is 38.5 Å². The second-order valence-corrected chi connectivity index (χ2v) is 5.06. The number of nitrogens with zero attached hydrogens (tertiary/aromatic N) is 2. The average molecular weight is 251 g/mol. The molecule has 0 bridgehead atoms. The Morgan fingerprint density at radius 1 is 1.56 bits per heavy atom. The van der Waals surface area contributed by atoms with Gasteiger partial charge in [-0.05, 0) is 32.2 Å². The lowest BCUT2D eigenvalue weighted by Gasteiger charge is -2.31. The van der Waals surface area contributed by atoms with Gasteiger partial charge in [-0.1, -0.05) is 6.92 Å². The van der Waals surface area contributed by atoms with E-state index in [-0.39, 0.29) is 0 Å². The third-order valence-electron chi connectivity index (χ3n) is 3.73. The number of likely N-dealkylation sites (N-methyl/N-ethyl adjacent to an activating group) is 1. The minimum absolute atomic E-state index is 0.388. The Balaban J connectivity index is 1.87. The van der Waals surface area contributed by atoms with Gasteiger partial charge in [0.2, 0.25) is 0 Å². The summed E-state index contributed by atoms with van der Waals surface area (Å²) in [7, 11) is 2.06. The third-order valence-corrected chi connectivity index (χ3v) is 3.73. The number of imidazole rings is 1. The predicted molar refractivity (Wildman–Crippen MR) is 72.6 cm³/mol. The highest BCUT2D eigenvalue weighted by Gasteiger charge is 2.23. The van der Waals surface area contributed by atoms with Crippen molar-refractivity contribution in [3.63, 3.8) is 0 Å². The molecule has 0 radical (unpaired) electrons. The molecule has 2 atom stereocenters. The highest BCUT2D eigenvalue weighted by Crippen LogP contribution is 2.18. The number of ether oxygens (including phenoxy) is 1. The Morgan fingerprint density at radius 2 is 2.44 bits per heavy atom. The monoisotopic (exact) mass is 251 g/mol. The standard InChI is InChI=1S/C14H25N3O/c1-3-15-12(13-6-4-5-11-18-13)7-8-14-16-9-10-17(14)2/h9-10,12-13,15H,3-8,11H2,1-2H3. The summed E-state index contributed by atoms with van der Waals surface area (Å²) in [6.07, 6.45) is 10.1. The van der Waals surface area contributed by atoms with Gasteiger partial charge in [-0.15, -0.1) is 0 Å². The summed E-state index contributed by atoms with van der Waals surface area (Å²) in [5.74, 6) is 1.16. The van der Waals surface area contributed by atoms with Crippen molar-refractivity contribution < 1.29 is 4.74 Å². The first kappa shape index (κ1) is 13.6. The molecule has 4 heteroatoms. The number of nitrogens with one attached hydrogen (secondary N) is 1. The zero-order valence-electron chi connectivity index (χ0n) is 11.6. The molecule has 0 saturated carbocycles. The first-order chi connectivity index (χ1) is 8.81. The van der Waals surface area contributed by atoms with Gasteiger partial charge in [-0.3, -0.25) is 0 Å². The maximum Gasteiger partial charge on any atom is 0.108 e. The maximum atomic E-state index is 5.90. The van der Waals surface area contributed by atoms with Crippen LogP contribution in [0.2, 0.25) is 0 Å². The fraction of sp³-hybridized carbons (Fsp3) is 0.786. The van der Waals surface area contributed by atoms with Crippen molar-refractivity contribution in [2.75, 3.05) is 13.2 Å². The first-order valence-electron chi connectivity index (χ1n) is 7.12. The molecular weight excluding hydrogens is 226 g/mol. The largest absolute Gasteiger partial charge is 0.377 e. The van der Waals surface area contributed by atoms with E-state index in [2.05, 4.69) is 28.8 Å². The molecule has 18 heavy (non-hydrogen) atoms. The molecule has 1 N–H and O–H groups in total. The lowest BCUT2D eigenvalue weighted by molar-refractivity contribution is -0.00896. The van der Waals surface area contributed by atoms with Crippen LogP contribution in [0, 0.1) is 0 Å². The van der Waals surface area contributed by atoms with Crippen molar-refractivity contribution >= 4 is 0 Å². The van der Waals surface area contributed by atoms with Gasteiger partial charge in [0.1, 0.15) is 5.82 Å². The minimum atomic E-state index is 0.388. The second-order valence-electron chi connectivity index (χ2n) is 5.06. The lowest BCUT2D eigenvalue weighted by Crippen LogP contribution is -2.43. The molecule has 2 heterocycles. The van der Waals surface area contributed by atoms with E-state index in [0.29, 0.717) is 12.1 Å². The Hall–Kier alpha value is -0.870. The summed E-state index contributed by atoms with van der Waals surface area (Å²) < 4.78 is 8.00. The Bertz CT molecular complexity index is 345. The highest BCUT2D eigenvalue weighted by molar-refractivity contribution is 4.93. The number of rotatable bonds is 6. The molecule has 1 saturated heterocycles. The van der Waals surface area contributed by atoms with E-state index in [4.69, 9.17) is 4.74 Å². The molecule has 1 aromatic heterocycles. The molecule has 0 aliphatic carbocycles. The lowest BCUT2D eigenvalue weighted by atomic mass is 9.98. The van der Waals surface area contributed by atoms with Crippen LogP contribution in [0.3, 0.4) is 0 Å². The van der Waals surface area contributed by atoms with Crippen LogP contribution in [-0.4, -0.2) is 34.8 Å². The van der Waals surface area contributed by atoms with Crippen LogP contribution < -0.4 is 5.32 Å². The molecule has 0 spiro atoms. The van der Waals surface area contributed by atoms with Gasteiger partial charge in [0.25, 0.3) is 0 Å². The van der Waals surface area contributed by atoms with Crippen LogP contribution in [0.1, 0.15) is 38.4 Å². The van der Waals surface area contributed by atoms with Crippen molar-refractivity contribution in [1.29, 1.82) is 0 Å². The van der Waals surface area contributed by atoms with E-state index in [1.807, 2.05) is 12.4 Å². The number of aromatic nitrogens is 2. The first-order valence-corrected chi connectivity index (χ1v) is 7.12. The molecule has 1 aliphatic rings. The smallest absolute Gasteiger partial charge is 0.108 e. The summed E-state index contributed by atoms with van der Waals surface area (Å²) in [5, 5.41) is 3.57. The molecule has 2 unspecified atom stereocenters. The van der Waals surface area contributed by atoms with Crippen LogP contribution in [0.5, 0.6) is 0 Å². The van der Waals surface area contributed by atoms with E-state index in [1.54, 1.807) is 0 Å². The Labute approximate surface area is 110 Å². The van der Waals surface area contributed by atoms with E-state index in [1.165, 1.54) is 19.3 Å². The zero-order chi connectivity index (χ0) is 12.8. The normalized spacial score (nSPS) is 22.0. The fourth-order valence-electron chi connectivity index (χ4n) is 2.69. The van der Waals surface area contributed by atoms with Gasteiger partial charge in [-0.25, -0.2) is 4.98 Å². The summed E-state index contributed by atoms with van der Waals surface area (Å²) in [6.45, 7) is 4.09. The quantitative estimate of drug-likeness (QED) is 0.839. The molecule has 1 aliphatic heterocycles. The van der Waals surface area contributed by atoms with Crippen molar-refractivity contribution in [1.82, 2.24) is 14.9 Å². The topological polar surface area (TPSA) is 39.1 Å². The van der Waals surface area contributed by atoms with Gasteiger partial charge in [0.05, 0.1) is 6.10 Å². The van der Waals surface area contributed by atoms with E-state index in [0.717, 1.165) is 31.8 Å². The van der Waals surface area contributed by atoms with Gasteiger partial charge in [-0.2, -0.15) is 0 Å². The van der Waals surface area contributed by atoms with E-state index < -0.39 is 0 Å². The zero-order valence-corrected chi connectivity index (χ0v) is 11.6.